The predicted molar refractivity (Wildman–Crippen MR) is 257 cm³/mol. The zero-order valence-electron chi connectivity index (χ0n) is 33.4. The molecule has 286 valence electrons. The Kier molecular flexibility index (Phi) is 6.75. The first-order chi connectivity index (χ1) is 30.3. The third-order valence-corrected chi connectivity index (χ3v) is 13.8. The summed E-state index contributed by atoms with van der Waals surface area (Å²) in [5, 5.41) is 12.8. The Labute approximate surface area is 351 Å². The van der Waals surface area contributed by atoms with Crippen molar-refractivity contribution in [3.8, 4) is 5.69 Å². The van der Waals surface area contributed by atoms with E-state index in [1.807, 2.05) is 0 Å². The van der Waals surface area contributed by atoms with Crippen LogP contribution in [0.25, 0.3) is 98.2 Å². The van der Waals surface area contributed by atoms with Gasteiger partial charge in [-0.25, -0.2) is 4.99 Å². The molecule has 14 rings (SSSR count). The minimum Gasteiger partial charge on any atom is -0.309 e. The standard InChI is InChI=1S/C57H38N4/c1-2-17-38(18-3-1)59-49-25-11-7-20-41(49)43-30-29-37(33-52(43)59)39-23-14-28-54(58-48-24-10-6-19-40(39)48)61-53-32-36-16-5-4-15-35(36)31-45(53)47-34-46-42-21-8-12-26-50(42)60-51-27-13-9-22-44(51)55(56(46)60)57(47)61/h1-13,15-22,24-27,29-34,39H,14,23,28H2. The predicted octanol–water partition coefficient (Wildman–Crippen LogP) is 15.1. The van der Waals surface area contributed by atoms with Crippen LogP contribution in [-0.4, -0.2) is 19.4 Å². The van der Waals surface area contributed by atoms with Gasteiger partial charge in [0.15, 0.2) is 0 Å². The summed E-state index contributed by atoms with van der Waals surface area (Å²) < 4.78 is 7.49. The first-order valence-corrected chi connectivity index (χ1v) is 21.6. The van der Waals surface area contributed by atoms with Crippen LogP contribution in [0.4, 0.5) is 5.69 Å². The Morgan fingerprint density at radius 2 is 1.05 bits per heavy atom. The molecule has 1 aliphatic rings. The van der Waals surface area contributed by atoms with Crippen molar-refractivity contribution >= 4 is 104 Å². The molecule has 4 aromatic heterocycles. The molecule has 1 atom stereocenters. The van der Waals surface area contributed by atoms with Gasteiger partial charge in [-0.15, -0.1) is 0 Å². The fraction of sp³-hybridized carbons (Fsp3) is 0.0702. The molecule has 0 spiro atoms. The summed E-state index contributed by atoms with van der Waals surface area (Å²) in [4.78, 5) is 5.80. The summed E-state index contributed by atoms with van der Waals surface area (Å²) in [6.45, 7) is 0. The van der Waals surface area contributed by atoms with Crippen molar-refractivity contribution in [2.45, 2.75) is 25.2 Å². The van der Waals surface area contributed by atoms with E-state index in [0.717, 1.165) is 30.8 Å². The van der Waals surface area contributed by atoms with E-state index in [2.05, 4.69) is 202 Å². The lowest BCUT2D eigenvalue weighted by Gasteiger charge is -2.24. The van der Waals surface area contributed by atoms with Gasteiger partial charge in [-0.05, 0) is 95.4 Å². The molecule has 0 radical (unpaired) electrons. The number of rotatable bonds is 2. The van der Waals surface area contributed by atoms with Gasteiger partial charge < -0.3 is 8.97 Å². The highest BCUT2D eigenvalue weighted by Crippen LogP contribution is 2.47. The number of nitrogens with zero attached hydrogens (tertiary/aromatic N) is 4. The topological polar surface area (TPSA) is 26.6 Å². The average molecular weight is 779 g/mol. The fourth-order valence-corrected chi connectivity index (χ4v) is 11.2. The molecule has 1 aliphatic heterocycles. The SMILES string of the molecule is c1ccc(-n2c3ccccc3c3ccc(C4CCCC(n5c6cc7ccccc7cc6c6cc7c8ccccc8n8c9ccccc9c(c65)c78)=Nc5ccccc54)cc32)cc1. The Morgan fingerprint density at radius 3 is 1.89 bits per heavy atom. The first kappa shape index (κ1) is 33.2. The molecule has 0 amide bonds. The highest BCUT2D eigenvalue weighted by Gasteiger charge is 2.28. The monoisotopic (exact) mass is 778 g/mol. The third-order valence-electron chi connectivity index (χ3n) is 13.8. The highest BCUT2D eigenvalue weighted by molar-refractivity contribution is 6.35. The molecular formula is C57H38N4. The summed E-state index contributed by atoms with van der Waals surface area (Å²) in [5.74, 6) is 1.30. The maximum absolute atomic E-state index is 5.80. The van der Waals surface area contributed by atoms with Crippen molar-refractivity contribution in [1.82, 2.24) is 13.5 Å². The highest BCUT2D eigenvalue weighted by atomic mass is 15.1. The normalized spacial score (nSPS) is 15.0. The molecule has 0 bridgehead atoms. The number of fused-ring (bicyclic) bond motifs is 15. The van der Waals surface area contributed by atoms with E-state index >= 15 is 0 Å². The van der Waals surface area contributed by atoms with Crippen LogP contribution in [0.5, 0.6) is 0 Å². The smallest absolute Gasteiger partial charge is 0.114 e. The van der Waals surface area contributed by atoms with Crippen LogP contribution < -0.4 is 0 Å². The van der Waals surface area contributed by atoms with Crippen LogP contribution in [-0.2, 0) is 0 Å². The van der Waals surface area contributed by atoms with Crippen LogP contribution in [0.15, 0.2) is 193 Å². The molecular weight excluding hydrogens is 741 g/mol. The van der Waals surface area contributed by atoms with Crippen LogP contribution in [0.3, 0.4) is 0 Å². The van der Waals surface area contributed by atoms with Crippen molar-refractivity contribution in [2.24, 2.45) is 4.99 Å². The van der Waals surface area contributed by atoms with Crippen LogP contribution in [0, 0.1) is 0 Å². The van der Waals surface area contributed by atoms with Gasteiger partial charge in [0.05, 0.1) is 44.3 Å². The second-order valence-electron chi connectivity index (χ2n) is 17.0. The molecule has 1 unspecified atom stereocenters. The first-order valence-electron chi connectivity index (χ1n) is 21.6. The molecule has 0 N–H and O–H groups in total. The molecule has 4 nitrogen and oxygen atoms in total. The maximum Gasteiger partial charge on any atom is 0.114 e. The molecule has 9 aromatic carbocycles. The molecule has 0 aliphatic carbocycles. The summed E-state index contributed by atoms with van der Waals surface area (Å²) in [5.41, 5.74) is 13.6. The largest absolute Gasteiger partial charge is 0.309 e. The fourth-order valence-electron chi connectivity index (χ4n) is 11.2. The van der Waals surface area contributed by atoms with Crippen molar-refractivity contribution in [3.05, 3.63) is 199 Å². The van der Waals surface area contributed by atoms with E-state index in [1.165, 1.54) is 109 Å². The summed E-state index contributed by atoms with van der Waals surface area (Å²) >= 11 is 0. The van der Waals surface area contributed by atoms with Gasteiger partial charge in [0.25, 0.3) is 0 Å². The summed E-state index contributed by atoms with van der Waals surface area (Å²) in [7, 11) is 0. The van der Waals surface area contributed by atoms with E-state index in [9.17, 15) is 0 Å². The average Bonchev–Trinajstić information content (AvgIpc) is 4.03. The molecule has 4 heteroatoms. The molecule has 0 saturated carbocycles. The number of hydrogen-bond donors (Lipinski definition) is 0. The van der Waals surface area contributed by atoms with Gasteiger partial charge in [0.2, 0.25) is 0 Å². The Hall–Kier alpha value is -7.69. The van der Waals surface area contributed by atoms with Crippen molar-refractivity contribution in [3.63, 3.8) is 0 Å². The lowest BCUT2D eigenvalue weighted by Crippen LogP contribution is -2.15. The van der Waals surface area contributed by atoms with Gasteiger partial charge in [-0.3, -0.25) is 4.57 Å². The molecule has 0 fully saturated rings. The number of benzene rings is 9. The number of hydrogen-bond acceptors (Lipinski definition) is 1. The number of aliphatic imine (C=N–C) groups is 1. The van der Waals surface area contributed by atoms with Crippen molar-refractivity contribution in [1.29, 1.82) is 0 Å². The minimum atomic E-state index is 0.204. The Bertz CT molecular complexity index is 3970. The van der Waals surface area contributed by atoms with Crippen molar-refractivity contribution < 1.29 is 0 Å². The zero-order valence-corrected chi connectivity index (χ0v) is 33.4. The van der Waals surface area contributed by atoms with Crippen LogP contribution in [0.2, 0.25) is 0 Å². The lowest BCUT2D eigenvalue weighted by molar-refractivity contribution is 0.670. The molecule has 5 heterocycles. The molecule has 13 aromatic rings. The minimum absolute atomic E-state index is 0.204. The third kappa shape index (κ3) is 4.56. The van der Waals surface area contributed by atoms with Gasteiger partial charge in [0, 0.05) is 61.1 Å². The van der Waals surface area contributed by atoms with Gasteiger partial charge >= 0.3 is 0 Å². The van der Waals surface area contributed by atoms with E-state index < -0.39 is 0 Å². The number of aromatic nitrogens is 3. The maximum atomic E-state index is 5.80. The van der Waals surface area contributed by atoms with E-state index in [0.29, 0.717) is 0 Å². The summed E-state index contributed by atoms with van der Waals surface area (Å²) in [6.07, 6.45) is 2.87. The Balaban J connectivity index is 1.03. The molecule has 0 saturated heterocycles. The quantitative estimate of drug-likeness (QED) is 0.167. The second-order valence-corrected chi connectivity index (χ2v) is 17.0. The van der Waals surface area contributed by atoms with E-state index in [4.69, 9.17) is 4.99 Å². The second kappa shape index (κ2) is 12.4. The summed E-state index contributed by atoms with van der Waals surface area (Å²) in [6, 6.07) is 69.7. The van der Waals surface area contributed by atoms with Crippen LogP contribution >= 0.6 is 0 Å². The Morgan fingerprint density at radius 1 is 0.426 bits per heavy atom. The van der Waals surface area contributed by atoms with E-state index in [-0.39, 0.29) is 5.92 Å². The van der Waals surface area contributed by atoms with E-state index in [1.54, 1.807) is 0 Å². The zero-order chi connectivity index (χ0) is 39.8. The van der Waals surface area contributed by atoms with Gasteiger partial charge in [0.1, 0.15) is 5.84 Å². The van der Waals surface area contributed by atoms with Gasteiger partial charge in [-0.2, -0.15) is 0 Å². The number of para-hydroxylation sites is 5. The van der Waals surface area contributed by atoms with Crippen molar-refractivity contribution in [2.75, 3.05) is 0 Å². The van der Waals surface area contributed by atoms with Gasteiger partial charge in [-0.1, -0.05) is 127 Å². The molecule has 61 heavy (non-hydrogen) atoms. The lowest BCUT2D eigenvalue weighted by atomic mass is 9.85. The van der Waals surface area contributed by atoms with Crippen LogP contribution in [0.1, 0.15) is 36.3 Å².